The standard InChI is InChI=1S/C14H15N.C13H15N/c1-2-7-13(8-3-1)9-6-11-14-10-4-5-12-15-14;1-3-10(2)12-8-4-6-11-7-5-9-14-13(11)12/h1-5,7-8,10,12H,6,9,11H2;4-10H,3H2,1-2H3. The Kier molecular flexibility index (Phi) is 7.94. The van der Waals surface area contributed by atoms with Gasteiger partial charge in [-0.25, -0.2) is 0 Å². The van der Waals surface area contributed by atoms with Crippen molar-refractivity contribution in [1.29, 1.82) is 0 Å². The van der Waals surface area contributed by atoms with Crippen molar-refractivity contribution in [1.82, 2.24) is 9.97 Å². The summed E-state index contributed by atoms with van der Waals surface area (Å²) in [5.41, 5.74) is 5.12. The molecule has 1 atom stereocenters. The third-order valence-corrected chi connectivity index (χ3v) is 5.27. The van der Waals surface area contributed by atoms with Crippen molar-refractivity contribution < 1.29 is 0 Å². The van der Waals surface area contributed by atoms with Crippen LogP contribution in [0, 0.1) is 0 Å². The van der Waals surface area contributed by atoms with Gasteiger partial charge in [0.15, 0.2) is 0 Å². The van der Waals surface area contributed by atoms with Gasteiger partial charge in [-0.15, -0.1) is 0 Å². The number of rotatable bonds is 6. The molecule has 0 saturated heterocycles. The van der Waals surface area contributed by atoms with Crippen LogP contribution in [0.15, 0.2) is 91.3 Å². The average Bonchev–Trinajstić information content (AvgIpc) is 2.80. The van der Waals surface area contributed by atoms with Crippen molar-refractivity contribution in [3.63, 3.8) is 0 Å². The smallest absolute Gasteiger partial charge is 0.0736 e. The molecule has 0 fully saturated rings. The summed E-state index contributed by atoms with van der Waals surface area (Å²) in [7, 11) is 0. The Morgan fingerprint density at radius 3 is 2.24 bits per heavy atom. The predicted octanol–water partition coefficient (Wildman–Crippen LogP) is 7.01. The lowest BCUT2D eigenvalue weighted by Crippen LogP contribution is -1.93. The largest absolute Gasteiger partial charge is 0.261 e. The van der Waals surface area contributed by atoms with Crippen molar-refractivity contribution >= 4 is 10.9 Å². The highest BCUT2D eigenvalue weighted by Crippen LogP contribution is 2.25. The number of aromatic nitrogens is 2. The fraction of sp³-hybridized carbons (Fsp3) is 0.259. The van der Waals surface area contributed by atoms with Crippen molar-refractivity contribution in [2.45, 2.75) is 45.4 Å². The monoisotopic (exact) mass is 382 g/mol. The van der Waals surface area contributed by atoms with Gasteiger partial charge in [-0.05, 0) is 60.9 Å². The second-order valence-electron chi connectivity index (χ2n) is 7.39. The summed E-state index contributed by atoms with van der Waals surface area (Å²) in [6, 6.07) is 27.2. The first-order valence-corrected chi connectivity index (χ1v) is 10.6. The van der Waals surface area contributed by atoms with Gasteiger partial charge in [0.1, 0.15) is 0 Å². The molecule has 0 spiro atoms. The third kappa shape index (κ3) is 6.25. The molecule has 148 valence electrons. The molecule has 29 heavy (non-hydrogen) atoms. The summed E-state index contributed by atoms with van der Waals surface area (Å²) in [6.07, 6.45) is 8.26. The van der Waals surface area contributed by atoms with Gasteiger partial charge in [0.05, 0.1) is 5.52 Å². The highest BCUT2D eigenvalue weighted by Gasteiger charge is 2.07. The van der Waals surface area contributed by atoms with Crippen LogP contribution >= 0.6 is 0 Å². The predicted molar refractivity (Wildman–Crippen MR) is 123 cm³/mol. The lowest BCUT2D eigenvalue weighted by molar-refractivity contribution is 0.738. The van der Waals surface area contributed by atoms with E-state index in [2.05, 4.69) is 84.5 Å². The molecule has 1 unspecified atom stereocenters. The van der Waals surface area contributed by atoms with E-state index in [0.29, 0.717) is 5.92 Å². The van der Waals surface area contributed by atoms with Crippen LogP contribution in [0.4, 0.5) is 0 Å². The maximum absolute atomic E-state index is 4.45. The molecule has 4 rings (SSSR count). The number of para-hydroxylation sites is 1. The number of fused-ring (bicyclic) bond motifs is 1. The fourth-order valence-corrected chi connectivity index (χ4v) is 3.41. The van der Waals surface area contributed by atoms with Crippen molar-refractivity contribution in [2.75, 3.05) is 0 Å². The number of pyridine rings is 2. The highest BCUT2D eigenvalue weighted by molar-refractivity contribution is 5.81. The molecule has 0 aliphatic rings. The molecule has 2 aromatic carbocycles. The summed E-state index contributed by atoms with van der Waals surface area (Å²) in [4.78, 5) is 8.76. The zero-order valence-electron chi connectivity index (χ0n) is 17.5. The maximum atomic E-state index is 4.45. The van der Waals surface area contributed by atoms with Crippen LogP contribution in [0.2, 0.25) is 0 Å². The van der Waals surface area contributed by atoms with Crippen LogP contribution in [0.25, 0.3) is 10.9 Å². The quantitative estimate of drug-likeness (QED) is 0.358. The van der Waals surface area contributed by atoms with Crippen LogP contribution in [-0.2, 0) is 12.8 Å². The van der Waals surface area contributed by atoms with Crippen molar-refractivity contribution in [2.24, 2.45) is 0 Å². The lowest BCUT2D eigenvalue weighted by atomic mass is 9.96. The zero-order chi connectivity index (χ0) is 20.3. The van der Waals surface area contributed by atoms with Gasteiger partial charge in [0.25, 0.3) is 0 Å². The summed E-state index contributed by atoms with van der Waals surface area (Å²) in [5.74, 6) is 0.591. The summed E-state index contributed by atoms with van der Waals surface area (Å²) < 4.78 is 0. The number of aryl methyl sites for hydroxylation is 2. The molecule has 0 radical (unpaired) electrons. The van der Waals surface area contributed by atoms with Crippen molar-refractivity contribution in [3.8, 4) is 0 Å². The second kappa shape index (κ2) is 11.1. The lowest BCUT2D eigenvalue weighted by Gasteiger charge is -2.11. The minimum absolute atomic E-state index is 0.591. The van der Waals surface area contributed by atoms with Crippen LogP contribution in [0.5, 0.6) is 0 Å². The molecule has 2 heteroatoms. The Morgan fingerprint density at radius 1 is 0.724 bits per heavy atom. The van der Waals surface area contributed by atoms with Gasteiger partial charge in [-0.1, -0.05) is 74.5 Å². The number of hydrogen-bond donors (Lipinski definition) is 0. The Balaban J connectivity index is 0.000000166. The summed E-state index contributed by atoms with van der Waals surface area (Å²) >= 11 is 0. The minimum Gasteiger partial charge on any atom is -0.261 e. The van der Waals surface area contributed by atoms with Crippen LogP contribution < -0.4 is 0 Å². The number of nitrogens with zero attached hydrogens (tertiary/aromatic N) is 2. The van der Waals surface area contributed by atoms with E-state index in [1.54, 1.807) is 0 Å². The van der Waals surface area contributed by atoms with E-state index >= 15 is 0 Å². The van der Waals surface area contributed by atoms with Crippen LogP contribution in [0.1, 0.15) is 49.4 Å². The molecule has 2 heterocycles. The molecule has 2 nitrogen and oxygen atoms in total. The van der Waals surface area contributed by atoms with E-state index in [1.807, 2.05) is 30.6 Å². The molecule has 0 saturated carbocycles. The van der Waals surface area contributed by atoms with Gasteiger partial charge < -0.3 is 0 Å². The maximum Gasteiger partial charge on any atom is 0.0736 e. The van der Waals surface area contributed by atoms with Gasteiger partial charge in [-0.2, -0.15) is 0 Å². The summed E-state index contributed by atoms with van der Waals surface area (Å²) in [6.45, 7) is 4.47. The Hall–Kier alpha value is -3.00. The molecule has 0 aliphatic heterocycles. The van der Waals surface area contributed by atoms with Gasteiger partial charge in [0, 0.05) is 23.5 Å². The Morgan fingerprint density at radius 2 is 1.48 bits per heavy atom. The first kappa shape index (κ1) is 20.7. The van der Waals surface area contributed by atoms with E-state index in [1.165, 1.54) is 28.6 Å². The third-order valence-electron chi connectivity index (χ3n) is 5.27. The highest BCUT2D eigenvalue weighted by atomic mass is 14.7. The van der Waals surface area contributed by atoms with Crippen LogP contribution in [-0.4, -0.2) is 9.97 Å². The molecule has 0 amide bonds. The number of benzene rings is 2. The van der Waals surface area contributed by atoms with E-state index < -0.39 is 0 Å². The topological polar surface area (TPSA) is 25.8 Å². The number of hydrogen-bond acceptors (Lipinski definition) is 2. The minimum atomic E-state index is 0.591. The Bertz CT molecular complexity index is 936. The Labute approximate surface area is 174 Å². The molecule has 4 aromatic rings. The molecule has 0 aliphatic carbocycles. The molecule has 0 bridgehead atoms. The zero-order valence-corrected chi connectivity index (χ0v) is 17.5. The SMILES string of the molecule is CCC(C)c1cccc2cccnc12.c1ccc(CCCc2ccccn2)cc1. The summed E-state index contributed by atoms with van der Waals surface area (Å²) in [5, 5.41) is 1.24. The first-order chi connectivity index (χ1) is 14.3. The van der Waals surface area contributed by atoms with Gasteiger partial charge in [0.2, 0.25) is 0 Å². The van der Waals surface area contributed by atoms with Gasteiger partial charge >= 0.3 is 0 Å². The first-order valence-electron chi connectivity index (χ1n) is 10.6. The fourth-order valence-electron chi connectivity index (χ4n) is 3.41. The van der Waals surface area contributed by atoms with Crippen LogP contribution in [0.3, 0.4) is 0 Å². The van der Waals surface area contributed by atoms with E-state index in [9.17, 15) is 0 Å². The average molecular weight is 383 g/mol. The molecular weight excluding hydrogens is 352 g/mol. The van der Waals surface area contributed by atoms with Gasteiger partial charge in [-0.3, -0.25) is 9.97 Å². The van der Waals surface area contributed by atoms with Crippen molar-refractivity contribution in [3.05, 3.63) is 108 Å². The second-order valence-corrected chi connectivity index (χ2v) is 7.39. The van der Waals surface area contributed by atoms with E-state index in [0.717, 1.165) is 24.8 Å². The van der Waals surface area contributed by atoms with E-state index in [-0.39, 0.29) is 0 Å². The molecular formula is C27H30N2. The van der Waals surface area contributed by atoms with E-state index in [4.69, 9.17) is 0 Å². The molecule has 0 N–H and O–H groups in total. The normalized spacial score (nSPS) is 11.5. The molecule has 2 aromatic heterocycles.